The first-order valence-electron chi connectivity index (χ1n) is 17.1. The molecule has 0 fully saturated rings. The van der Waals surface area contributed by atoms with Gasteiger partial charge in [-0.15, -0.1) is 0 Å². The molecule has 7 nitrogen and oxygen atoms in total. The molecular formula is C43H39Cl2N4O3Si. The average molecular weight is 759 g/mol. The number of benzene rings is 4. The van der Waals surface area contributed by atoms with Crippen molar-refractivity contribution in [2.45, 2.75) is 39.3 Å². The van der Waals surface area contributed by atoms with Crippen LogP contribution in [0.3, 0.4) is 0 Å². The minimum absolute atomic E-state index is 0.229. The molecule has 0 atom stereocenters. The minimum atomic E-state index is -1.58. The molecule has 267 valence electrons. The normalized spacial score (nSPS) is 11.6. The van der Waals surface area contributed by atoms with E-state index in [0.717, 1.165) is 38.4 Å². The molecule has 6 rings (SSSR count). The summed E-state index contributed by atoms with van der Waals surface area (Å²) in [6, 6.07) is 36.9. The molecule has 2 aromatic heterocycles. The highest BCUT2D eigenvalue weighted by Gasteiger charge is 2.28. The molecule has 0 aliphatic heterocycles. The molecule has 0 unspecified atom stereocenters. The lowest BCUT2D eigenvalue weighted by Gasteiger charge is -2.27. The summed E-state index contributed by atoms with van der Waals surface area (Å²) < 4.78 is 8.74. The highest BCUT2D eigenvalue weighted by molar-refractivity contribution is 6.80. The summed E-state index contributed by atoms with van der Waals surface area (Å²) in [5.41, 5.74) is 4.84. The van der Waals surface area contributed by atoms with Crippen molar-refractivity contribution in [2.24, 2.45) is 0 Å². The van der Waals surface area contributed by atoms with E-state index in [1.54, 1.807) is 54.9 Å². The Hall–Kier alpha value is -5.25. The molecule has 2 heterocycles. The van der Waals surface area contributed by atoms with Gasteiger partial charge in [0.2, 0.25) is 5.91 Å². The van der Waals surface area contributed by atoms with Gasteiger partial charge in [0.15, 0.2) is 0 Å². The molecule has 1 radical (unpaired) electrons. The number of carbonyl (C=O) groups excluding carboxylic acids is 2. The van der Waals surface area contributed by atoms with Gasteiger partial charge in [-0.25, -0.2) is 0 Å². The van der Waals surface area contributed by atoms with E-state index in [1.807, 2.05) is 65.4 Å². The van der Waals surface area contributed by atoms with Crippen LogP contribution < -0.4 is 21.0 Å². The second-order valence-electron chi connectivity index (χ2n) is 13.4. The fourth-order valence-corrected chi connectivity index (χ4v) is 8.88. The molecule has 2 N–H and O–H groups in total. The molecule has 0 aliphatic carbocycles. The number of nitrogens with one attached hydrogen (secondary N) is 2. The van der Waals surface area contributed by atoms with Crippen LogP contribution in [0.1, 0.15) is 53.5 Å². The summed E-state index contributed by atoms with van der Waals surface area (Å²) in [5.74, 6) is -0.493. The Labute approximate surface area is 322 Å². The van der Waals surface area contributed by atoms with E-state index in [4.69, 9.17) is 27.6 Å². The predicted octanol–water partition coefficient (Wildman–Crippen LogP) is 8.38. The zero-order chi connectivity index (χ0) is 37.4. The number of rotatable bonds is 12. The minimum Gasteiger partial charge on any atom is -0.403 e. The second-order valence-corrected chi connectivity index (χ2v) is 16.2. The summed E-state index contributed by atoms with van der Waals surface area (Å²) in [7, 11) is -1.58. The summed E-state index contributed by atoms with van der Waals surface area (Å²) >= 11 is 14.3. The third-order valence-corrected chi connectivity index (χ3v) is 11.5. The molecule has 2 amide bonds. The molecule has 6 aromatic rings. The summed E-state index contributed by atoms with van der Waals surface area (Å²) in [4.78, 5) is 29.5. The molecule has 0 spiro atoms. The van der Waals surface area contributed by atoms with E-state index in [2.05, 4.69) is 60.7 Å². The molecule has 0 saturated carbocycles. The van der Waals surface area contributed by atoms with E-state index in [0.29, 0.717) is 27.9 Å². The Kier molecular flexibility index (Phi) is 12.1. The van der Waals surface area contributed by atoms with Gasteiger partial charge < -0.3 is 19.6 Å². The Bertz CT molecular complexity index is 2160. The SMILES string of the molecule is CC(C)(C)c1c(Cl)c(CO[Si](c2ccccc2)c2ccccc2)cc(-n2cccc2CNC(=O)C=Cc2ccc(C(=O)Nc3ccncc3)cc2)c1Cl. The number of anilines is 1. The predicted molar refractivity (Wildman–Crippen MR) is 217 cm³/mol. The van der Waals surface area contributed by atoms with Crippen molar-refractivity contribution in [3.05, 3.63) is 178 Å². The Morgan fingerprint density at radius 1 is 0.830 bits per heavy atom. The van der Waals surface area contributed by atoms with E-state index in [-0.39, 0.29) is 23.8 Å². The van der Waals surface area contributed by atoms with Gasteiger partial charge in [-0.2, -0.15) is 0 Å². The quantitative estimate of drug-likeness (QED) is 0.0971. The monoisotopic (exact) mass is 757 g/mol. The Morgan fingerprint density at radius 2 is 1.47 bits per heavy atom. The number of pyridine rings is 1. The first-order valence-corrected chi connectivity index (χ1v) is 19.3. The first-order chi connectivity index (χ1) is 25.6. The Morgan fingerprint density at radius 3 is 2.09 bits per heavy atom. The number of carbonyl (C=O) groups is 2. The maximum Gasteiger partial charge on any atom is 0.283 e. The third kappa shape index (κ3) is 9.41. The van der Waals surface area contributed by atoms with Crippen LogP contribution in [0.15, 0.2) is 140 Å². The van der Waals surface area contributed by atoms with Gasteiger partial charge in [0.25, 0.3) is 14.9 Å². The lowest BCUT2D eigenvalue weighted by molar-refractivity contribution is -0.116. The van der Waals surface area contributed by atoms with Crippen molar-refractivity contribution in [2.75, 3.05) is 5.32 Å². The van der Waals surface area contributed by atoms with Crippen molar-refractivity contribution in [1.29, 1.82) is 0 Å². The standard InChI is InChI=1S/C43H39Cl2N4O3Si/c1-43(2,3)39-40(44)32(29-52-53(35-12-6-4-7-13-35)36-14-8-5-9-15-36)27-37(41(39)45)49-26-10-11-34(49)28-47-38(50)21-18-30-16-19-31(20-17-30)42(51)48-33-22-24-46-25-23-33/h4-27H,28-29H2,1-3H3,(H,47,50)(H,46,48,51). The van der Waals surface area contributed by atoms with E-state index in [9.17, 15) is 9.59 Å². The van der Waals surface area contributed by atoms with Crippen LogP contribution in [0.25, 0.3) is 11.8 Å². The van der Waals surface area contributed by atoms with Gasteiger partial charge in [0.1, 0.15) is 0 Å². The number of amides is 2. The molecule has 4 aromatic carbocycles. The van der Waals surface area contributed by atoms with Crippen LogP contribution in [0.2, 0.25) is 10.0 Å². The number of nitrogens with zero attached hydrogens (tertiary/aromatic N) is 2. The first kappa shape index (κ1) is 37.5. The van der Waals surface area contributed by atoms with Crippen LogP contribution in [0.5, 0.6) is 0 Å². The van der Waals surface area contributed by atoms with Crippen molar-refractivity contribution in [3.63, 3.8) is 0 Å². The fraction of sp³-hybridized carbons (Fsp3) is 0.140. The lowest BCUT2D eigenvalue weighted by atomic mass is 9.85. The largest absolute Gasteiger partial charge is 0.403 e. The highest BCUT2D eigenvalue weighted by atomic mass is 35.5. The van der Waals surface area contributed by atoms with E-state index < -0.39 is 9.04 Å². The van der Waals surface area contributed by atoms with Gasteiger partial charge in [0, 0.05) is 41.6 Å². The summed E-state index contributed by atoms with van der Waals surface area (Å²) in [5, 5.41) is 9.23. The van der Waals surface area contributed by atoms with Crippen molar-refractivity contribution in [3.8, 4) is 5.69 Å². The molecule has 0 saturated heterocycles. The van der Waals surface area contributed by atoms with Gasteiger partial charge in [-0.1, -0.05) is 117 Å². The second kappa shape index (κ2) is 17.1. The number of hydrogen-bond donors (Lipinski definition) is 2. The molecule has 0 bridgehead atoms. The zero-order valence-electron chi connectivity index (χ0n) is 29.6. The van der Waals surface area contributed by atoms with E-state index in [1.165, 1.54) is 6.08 Å². The smallest absolute Gasteiger partial charge is 0.283 e. The van der Waals surface area contributed by atoms with Crippen LogP contribution >= 0.6 is 23.2 Å². The number of hydrogen-bond acceptors (Lipinski definition) is 4. The van der Waals surface area contributed by atoms with Crippen LogP contribution in [-0.4, -0.2) is 30.4 Å². The maximum absolute atomic E-state index is 12.9. The highest BCUT2D eigenvalue weighted by Crippen LogP contribution is 2.41. The van der Waals surface area contributed by atoms with E-state index >= 15 is 0 Å². The summed E-state index contributed by atoms with van der Waals surface area (Å²) in [6.07, 6.45) is 8.34. The molecule has 0 aliphatic rings. The average Bonchev–Trinajstić information content (AvgIpc) is 3.63. The van der Waals surface area contributed by atoms with Crippen molar-refractivity contribution >= 4 is 66.2 Å². The van der Waals surface area contributed by atoms with Crippen LogP contribution in [0, 0.1) is 0 Å². The molecule has 53 heavy (non-hydrogen) atoms. The fourth-order valence-electron chi connectivity index (χ4n) is 5.87. The van der Waals surface area contributed by atoms with Crippen molar-refractivity contribution in [1.82, 2.24) is 14.9 Å². The molecular weight excluding hydrogens is 719 g/mol. The van der Waals surface area contributed by atoms with Crippen molar-refractivity contribution < 1.29 is 14.0 Å². The molecule has 10 heteroatoms. The third-order valence-electron chi connectivity index (χ3n) is 8.53. The Balaban J connectivity index is 1.18. The van der Waals surface area contributed by atoms with Gasteiger partial charge >= 0.3 is 0 Å². The van der Waals surface area contributed by atoms with Gasteiger partial charge in [-0.05, 0) is 81.0 Å². The van der Waals surface area contributed by atoms with Gasteiger partial charge in [-0.3, -0.25) is 14.6 Å². The zero-order valence-corrected chi connectivity index (χ0v) is 32.2. The maximum atomic E-state index is 12.9. The topological polar surface area (TPSA) is 85.2 Å². The number of aromatic nitrogens is 2. The van der Waals surface area contributed by atoms with Crippen LogP contribution in [0.4, 0.5) is 5.69 Å². The van der Waals surface area contributed by atoms with Gasteiger partial charge in [0.05, 0.1) is 28.9 Å². The van der Waals surface area contributed by atoms with Crippen LogP contribution in [-0.2, 0) is 27.8 Å². The summed E-state index contributed by atoms with van der Waals surface area (Å²) in [6.45, 7) is 6.82. The lowest BCUT2D eigenvalue weighted by Crippen LogP contribution is -2.44. The number of halogens is 2.